The Morgan fingerprint density at radius 2 is 1.27 bits per heavy atom. The van der Waals surface area contributed by atoms with Crippen molar-refractivity contribution in [2.24, 2.45) is 11.7 Å². The molecule has 6 rings (SSSR count). The van der Waals surface area contributed by atoms with Crippen LogP contribution >= 0.6 is 0 Å². The number of nitro benzene ring substituents is 1. The highest BCUT2D eigenvalue weighted by atomic mass is 19.4. The average Bonchev–Trinajstić information content (AvgIpc) is 3.59. The molecule has 71 heavy (non-hydrogen) atoms. The molecular weight excluding hydrogens is 988 g/mol. The number of halogens is 12. The largest absolute Gasteiger partial charge is 0.487 e. The first kappa shape index (κ1) is 55.8. The molecule has 1 fully saturated rings. The van der Waals surface area contributed by atoms with E-state index in [-0.39, 0.29) is 52.6 Å². The van der Waals surface area contributed by atoms with Crippen LogP contribution in [0, 0.1) is 27.7 Å². The fraction of sp³-hybridized carbons (Fsp3) is 0.302. The maximum absolute atomic E-state index is 14.2. The zero-order valence-electron chi connectivity index (χ0n) is 36.6. The maximum Gasteiger partial charge on any atom is 0.456 e. The Balaban J connectivity index is 0.000000248. The molecule has 2 heterocycles. The summed E-state index contributed by atoms with van der Waals surface area (Å²) in [5.41, 5.74) is 3.29. The van der Waals surface area contributed by atoms with E-state index >= 15 is 0 Å². The smallest absolute Gasteiger partial charge is 0.456 e. The first-order chi connectivity index (χ1) is 32.9. The number of carbonyl (C=O) groups is 4. The fourth-order valence-electron chi connectivity index (χ4n) is 5.59. The summed E-state index contributed by atoms with van der Waals surface area (Å²) in [7, 11) is 0. The molecule has 0 bridgehead atoms. The molecule has 16 nitrogen and oxygen atoms in total. The van der Waals surface area contributed by atoms with Gasteiger partial charge in [0.2, 0.25) is 0 Å². The van der Waals surface area contributed by atoms with Crippen molar-refractivity contribution in [1.82, 2.24) is 14.6 Å². The number of imide groups is 1. The third-order valence-corrected chi connectivity index (χ3v) is 9.19. The van der Waals surface area contributed by atoms with Gasteiger partial charge in [0.1, 0.15) is 34.3 Å². The molecule has 28 heteroatoms. The van der Waals surface area contributed by atoms with Crippen molar-refractivity contribution >= 4 is 46.0 Å². The molecule has 0 radical (unpaired) electrons. The number of hydrogen-bond donors (Lipinski definition) is 2. The number of anilines is 1. The van der Waals surface area contributed by atoms with Gasteiger partial charge >= 0.3 is 30.2 Å². The highest BCUT2D eigenvalue weighted by Gasteiger charge is 2.59. The first-order valence-electron chi connectivity index (χ1n) is 20.0. The predicted molar refractivity (Wildman–Crippen MR) is 222 cm³/mol. The molecule has 3 N–H and O–H groups in total. The number of hydrogen-bond acceptors (Lipinski definition) is 12. The van der Waals surface area contributed by atoms with Crippen molar-refractivity contribution in [1.29, 1.82) is 0 Å². The van der Waals surface area contributed by atoms with E-state index in [0.29, 0.717) is 5.06 Å². The second-order valence-corrected chi connectivity index (χ2v) is 15.0. The Labute approximate surface area is 391 Å². The number of amides is 3. The van der Waals surface area contributed by atoms with Gasteiger partial charge in [0.15, 0.2) is 18.8 Å². The number of ether oxygens (including phenoxy) is 2. The van der Waals surface area contributed by atoms with Crippen molar-refractivity contribution in [2.75, 3.05) is 18.5 Å². The van der Waals surface area contributed by atoms with Crippen LogP contribution < -0.4 is 26.1 Å². The van der Waals surface area contributed by atoms with Gasteiger partial charge in [0.25, 0.3) is 29.0 Å². The third-order valence-electron chi connectivity index (χ3n) is 9.19. The van der Waals surface area contributed by atoms with E-state index in [1.807, 2.05) is 0 Å². The van der Waals surface area contributed by atoms with E-state index < -0.39 is 106 Å². The maximum atomic E-state index is 14.2. The van der Waals surface area contributed by atoms with Gasteiger partial charge in [-0.2, -0.15) is 43.9 Å². The molecule has 5 aromatic rings. The number of benzene rings is 4. The zero-order valence-corrected chi connectivity index (χ0v) is 36.6. The molecule has 0 spiro atoms. The van der Waals surface area contributed by atoms with E-state index in [1.165, 1.54) is 37.3 Å². The number of aromatic nitrogens is 2. The number of nitro groups is 1. The van der Waals surface area contributed by atoms with Gasteiger partial charge in [-0.3, -0.25) is 33.9 Å². The van der Waals surface area contributed by atoms with Crippen molar-refractivity contribution < 1.29 is 91.1 Å². The lowest BCUT2D eigenvalue weighted by Gasteiger charge is -2.20. The summed E-state index contributed by atoms with van der Waals surface area (Å²) in [5.74, 6) is -15.9. The lowest BCUT2D eigenvalue weighted by molar-refractivity contribution is -0.385. The molecule has 0 saturated carbocycles. The summed E-state index contributed by atoms with van der Waals surface area (Å²) in [4.78, 5) is 76.8. The molecule has 4 aromatic carbocycles. The number of hydroxylamine groups is 2. The molecular formula is C43H36F12N6O10. The van der Waals surface area contributed by atoms with E-state index in [0.717, 1.165) is 59.2 Å². The van der Waals surface area contributed by atoms with Crippen molar-refractivity contribution in [2.45, 2.75) is 63.9 Å². The minimum atomic E-state index is -5.80. The number of nitrogens with zero attached hydrogens (tertiary/aromatic N) is 4. The van der Waals surface area contributed by atoms with Crippen molar-refractivity contribution in [3.63, 3.8) is 0 Å². The van der Waals surface area contributed by atoms with Crippen LogP contribution in [0.3, 0.4) is 0 Å². The van der Waals surface area contributed by atoms with Crippen LogP contribution in [0.15, 0.2) is 89.7 Å². The lowest BCUT2D eigenvalue weighted by Crippen LogP contribution is -2.41. The highest BCUT2D eigenvalue weighted by Crippen LogP contribution is 2.37. The lowest BCUT2D eigenvalue weighted by atomic mass is 10.1. The Hall–Kier alpha value is -7.78. The Bertz CT molecular complexity index is 2840. The molecule has 3 amide bonds. The zero-order chi connectivity index (χ0) is 53.4. The van der Waals surface area contributed by atoms with E-state index in [1.54, 1.807) is 13.8 Å². The fourth-order valence-corrected chi connectivity index (χ4v) is 5.59. The number of nitrogens with two attached hydrogens (primary N) is 1. The quantitative estimate of drug-likeness (QED) is 0.0489. The highest BCUT2D eigenvalue weighted by molar-refractivity contribution is 6.07. The number of carbonyl (C=O) groups excluding carboxylic acids is 4. The van der Waals surface area contributed by atoms with Gasteiger partial charge in [-0.05, 0) is 49.4 Å². The number of nitrogens with one attached hydrogen (secondary N) is 1. The van der Waals surface area contributed by atoms with Crippen LogP contribution in [0.4, 0.5) is 64.1 Å². The second kappa shape index (κ2) is 22.3. The predicted octanol–water partition coefficient (Wildman–Crippen LogP) is 8.93. The summed E-state index contributed by atoms with van der Waals surface area (Å²) >= 11 is 0. The van der Waals surface area contributed by atoms with Gasteiger partial charge in [-0.1, -0.05) is 38.1 Å². The summed E-state index contributed by atoms with van der Waals surface area (Å²) in [6.45, 7) is 0.848. The molecule has 1 aromatic heterocycles. The molecule has 1 saturated heterocycles. The molecule has 1 aliphatic heterocycles. The van der Waals surface area contributed by atoms with Gasteiger partial charge in [-0.25, -0.2) is 18.6 Å². The Kier molecular flexibility index (Phi) is 17.5. The SMILES string of the molecule is CC(C)C(=O)ON1C(=O)CCC1=O.C[C@H](N)c1nc2cccc(F)c2c(=O)n1-c1cccc(OCC(F)(F)C(F)(F)F)c1.O=C(Nc1cccc(OCC(F)(F)C(F)(F)F)c1)c1c(F)cccc1[N+](=O)[O-]. The minimum Gasteiger partial charge on any atom is -0.487 e. The van der Waals surface area contributed by atoms with Crippen LogP contribution in [-0.4, -0.2) is 80.6 Å². The van der Waals surface area contributed by atoms with E-state index in [4.69, 9.17) is 5.73 Å². The molecule has 1 atom stereocenters. The van der Waals surface area contributed by atoms with Gasteiger partial charge in [-0.15, -0.1) is 5.06 Å². The topological polar surface area (TPSA) is 215 Å². The monoisotopic (exact) mass is 1020 g/mol. The van der Waals surface area contributed by atoms with Gasteiger partial charge in [0.05, 0.1) is 28.1 Å². The minimum absolute atomic E-state index is 0.0118. The first-order valence-corrected chi connectivity index (χ1v) is 20.0. The summed E-state index contributed by atoms with van der Waals surface area (Å²) < 4.78 is 163. The number of rotatable bonds is 13. The number of alkyl halides is 10. The van der Waals surface area contributed by atoms with Crippen LogP contribution in [0.5, 0.6) is 11.5 Å². The summed E-state index contributed by atoms with van der Waals surface area (Å²) in [5, 5.41) is 13.2. The molecule has 0 unspecified atom stereocenters. The van der Waals surface area contributed by atoms with Crippen LogP contribution in [-0.2, 0) is 19.2 Å². The Morgan fingerprint density at radius 3 is 1.79 bits per heavy atom. The van der Waals surface area contributed by atoms with Crippen molar-refractivity contribution in [3.05, 3.63) is 128 Å². The number of fused-ring (bicyclic) bond motifs is 1. The standard InChI is InChI=1S/C19H15F6N3O2.C16H10F6N2O4.C8H11NO4/c1-10(26)16-27-14-7-3-6-13(20)15(14)17(29)28(16)11-4-2-5-12(8-11)30-9-18(21,22)19(23,24)25;17-11-5-2-6-12(24(26)27)13(11)14(25)23-9-3-1-4-10(7-9)28-8-15(18,19)16(20,21)22;1-5(2)8(12)13-9-6(10)3-4-7(9)11/h2-8,10H,9,26H2,1H3;1-7H,8H2,(H,23,25);5H,3-4H2,1-2H3/t10-;;/m0../s1. The normalized spacial score (nSPS) is 13.5. The van der Waals surface area contributed by atoms with E-state index in [2.05, 4.69) is 24.6 Å². The average molecular weight is 1020 g/mol. The molecule has 1 aliphatic rings. The van der Waals surface area contributed by atoms with Crippen LogP contribution in [0.2, 0.25) is 0 Å². The van der Waals surface area contributed by atoms with Gasteiger partial charge in [0, 0.05) is 36.7 Å². The Morgan fingerprint density at radius 1 is 0.761 bits per heavy atom. The van der Waals surface area contributed by atoms with Gasteiger partial charge < -0.3 is 25.4 Å². The van der Waals surface area contributed by atoms with Crippen LogP contribution in [0.25, 0.3) is 16.6 Å². The second-order valence-electron chi connectivity index (χ2n) is 15.0. The van der Waals surface area contributed by atoms with E-state index in [9.17, 15) is 86.8 Å². The molecule has 0 aliphatic carbocycles. The van der Waals surface area contributed by atoms with Crippen molar-refractivity contribution in [3.8, 4) is 17.2 Å². The molecule has 382 valence electrons. The summed E-state index contributed by atoms with van der Waals surface area (Å²) in [6.07, 6.45) is -11.3. The van der Waals surface area contributed by atoms with Crippen LogP contribution in [0.1, 0.15) is 55.8 Å². The third kappa shape index (κ3) is 13.9. The summed E-state index contributed by atoms with van der Waals surface area (Å²) in [6, 6.07) is 15.0.